The molecule has 0 radical (unpaired) electrons. The van der Waals surface area contributed by atoms with Crippen molar-refractivity contribution in [2.75, 3.05) is 6.54 Å². The third kappa shape index (κ3) is 2.99. The zero-order valence-electron chi connectivity index (χ0n) is 12.9. The van der Waals surface area contributed by atoms with Crippen molar-refractivity contribution >= 4 is 11.6 Å². The molecular formula is C17H22ClN3. The largest absolute Gasteiger partial charge is 0.312 e. The third-order valence-electron chi connectivity index (χ3n) is 3.93. The summed E-state index contributed by atoms with van der Waals surface area (Å²) in [5.74, 6) is 0. The molecule has 0 atom stereocenters. The van der Waals surface area contributed by atoms with Gasteiger partial charge in [0.2, 0.25) is 0 Å². The van der Waals surface area contributed by atoms with Crippen LogP contribution in [0.1, 0.15) is 43.3 Å². The predicted molar refractivity (Wildman–Crippen MR) is 86.9 cm³/mol. The minimum Gasteiger partial charge on any atom is -0.312 e. The lowest BCUT2D eigenvalue weighted by Gasteiger charge is -2.24. The molecule has 3 rings (SSSR count). The summed E-state index contributed by atoms with van der Waals surface area (Å²) < 4.78 is 2.22. The summed E-state index contributed by atoms with van der Waals surface area (Å²) in [5, 5.41) is 9.17. The normalized spacial score (nSPS) is 15.0. The molecule has 1 aromatic carbocycles. The first kappa shape index (κ1) is 14.6. The van der Waals surface area contributed by atoms with E-state index >= 15 is 0 Å². The minimum atomic E-state index is 0.0274. The Hall–Kier alpha value is -1.32. The Kier molecular flexibility index (Phi) is 3.80. The Morgan fingerprint density at radius 3 is 2.62 bits per heavy atom. The van der Waals surface area contributed by atoms with Crippen molar-refractivity contribution in [3.05, 3.63) is 51.8 Å². The average molecular weight is 304 g/mol. The van der Waals surface area contributed by atoms with E-state index in [-0.39, 0.29) is 5.54 Å². The maximum Gasteiger partial charge on any atom is 0.0716 e. The van der Waals surface area contributed by atoms with E-state index in [0.29, 0.717) is 0 Å². The zero-order chi connectivity index (χ0) is 15.0. The number of aromatic nitrogens is 2. The van der Waals surface area contributed by atoms with Crippen LogP contribution in [-0.4, -0.2) is 16.3 Å². The predicted octanol–water partition coefficient (Wildman–Crippen LogP) is 3.53. The number of halogens is 1. The molecule has 0 saturated carbocycles. The highest BCUT2D eigenvalue weighted by atomic mass is 35.5. The van der Waals surface area contributed by atoms with Gasteiger partial charge in [-0.1, -0.05) is 23.7 Å². The van der Waals surface area contributed by atoms with Crippen molar-refractivity contribution < 1.29 is 0 Å². The standard InChI is InChI=1S/C17H22ClN3/c1-17(2,3)21-16-8-9-19-11-14(16)15(20-21)10-12-4-6-13(18)7-5-12/h4-7,19H,8-11H2,1-3H3. The number of hydrogen-bond acceptors (Lipinski definition) is 2. The van der Waals surface area contributed by atoms with Crippen molar-refractivity contribution in [1.29, 1.82) is 0 Å². The average Bonchev–Trinajstić information content (AvgIpc) is 2.81. The van der Waals surface area contributed by atoms with E-state index in [4.69, 9.17) is 16.7 Å². The molecule has 21 heavy (non-hydrogen) atoms. The topological polar surface area (TPSA) is 29.9 Å². The van der Waals surface area contributed by atoms with Gasteiger partial charge in [-0.2, -0.15) is 5.10 Å². The van der Waals surface area contributed by atoms with Crippen molar-refractivity contribution in [1.82, 2.24) is 15.1 Å². The highest BCUT2D eigenvalue weighted by Crippen LogP contribution is 2.26. The molecule has 2 aromatic rings. The molecule has 112 valence electrons. The van der Waals surface area contributed by atoms with E-state index in [1.54, 1.807) is 0 Å². The van der Waals surface area contributed by atoms with Crippen molar-refractivity contribution in [3.63, 3.8) is 0 Å². The molecule has 1 aliphatic rings. The molecule has 0 fully saturated rings. The monoisotopic (exact) mass is 303 g/mol. The first-order valence-corrected chi connectivity index (χ1v) is 7.88. The van der Waals surface area contributed by atoms with Crippen LogP contribution in [0.4, 0.5) is 0 Å². The Balaban J connectivity index is 1.98. The third-order valence-corrected chi connectivity index (χ3v) is 4.19. The van der Waals surface area contributed by atoms with Crippen LogP contribution in [0, 0.1) is 0 Å². The summed E-state index contributed by atoms with van der Waals surface area (Å²) in [7, 11) is 0. The molecule has 1 aromatic heterocycles. The van der Waals surface area contributed by atoms with Crippen LogP contribution in [0.15, 0.2) is 24.3 Å². The van der Waals surface area contributed by atoms with Crippen LogP contribution >= 0.6 is 11.6 Å². The van der Waals surface area contributed by atoms with Gasteiger partial charge in [0.05, 0.1) is 11.2 Å². The molecular weight excluding hydrogens is 282 g/mol. The first-order valence-electron chi connectivity index (χ1n) is 7.50. The van der Waals surface area contributed by atoms with E-state index in [1.165, 1.54) is 22.5 Å². The summed E-state index contributed by atoms with van der Waals surface area (Å²) in [6.45, 7) is 8.61. The van der Waals surface area contributed by atoms with Gasteiger partial charge >= 0.3 is 0 Å². The SMILES string of the molecule is CC(C)(C)n1nc(Cc2ccc(Cl)cc2)c2c1CCNC2. The Morgan fingerprint density at radius 1 is 1.24 bits per heavy atom. The molecule has 0 saturated heterocycles. The van der Waals surface area contributed by atoms with E-state index < -0.39 is 0 Å². The van der Waals surface area contributed by atoms with Gasteiger partial charge in [0, 0.05) is 42.2 Å². The molecule has 0 bridgehead atoms. The van der Waals surface area contributed by atoms with Crippen LogP contribution in [0.2, 0.25) is 5.02 Å². The van der Waals surface area contributed by atoms with Gasteiger partial charge in [-0.3, -0.25) is 4.68 Å². The second kappa shape index (κ2) is 5.47. The second-order valence-electron chi connectivity index (χ2n) is 6.68. The zero-order valence-corrected chi connectivity index (χ0v) is 13.7. The van der Waals surface area contributed by atoms with Crippen LogP contribution in [0.25, 0.3) is 0 Å². The fourth-order valence-corrected chi connectivity index (χ4v) is 3.04. The molecule has 2 heterocycles. The van der Waals surface area contributed by atoms with E-state index in [2.05, 4.69) is 42.9 Å². The summed E-state index contributed by atoms with van der Waals surface area (Å²) in [6, 6.07) is 8.06. The number of rotatable bonds is 2. The van der Waals surface area contributed by atoms with E-state index in [0.717, 1.165) is 31.0 Å². The van der Waals surface area contributed by atoms with Gasteiger partial charge in [0.15, 0.2) is 0 Å². The first-order chi connectivity index (χ1) is 9.95. The lowest BCUT2D eigenvalue weighted by Crippen LogP contribution is -2.30. The molecule has 0 unspecified atom stereocenters. The molecule has 0 amide bonds. The van der Waals surface area contributed by atoms with Crippen molar-refractivity contribution in [3.8, 4) is 0 Å². The van der Waals surface area contributed by atoms with Crippen LogP contribution in [0.3, 0.4) is 0 Å². The van der Waals surface area contributed by atoms with Crippen molar-refractivity contribution in [2.24, 2.45) is 0 Å². The summed E-state index contributed by atoms with van der Waals surface area (Å²) >= 11 is 5.96. The number of nitrogens with zero attached hydrogens (tertiary/aromatic N) is 2. The molecule has 1 N–H and O–H groups in total. The highest BCUT2D eigenvalue weighted by Gasteiger charge is 2.26. The smallest absolute Gasteiger partial charge is 0.0716 e. The fraction of sp³-hybridized carbons (Fsp3) is 0.471. The highest BCUT2D eigenvalue weighted by molar-refractivity contribution is 6.30. The molecule has 4 heteroatoms. The van der Waals surface area contributed by atoms with E-state index in [1.807, 2.05) is 12.1 Å². The quantitative estimate of drug-likeness (QED) is 0.920. The summed E-state index contributed by atoms with van der Waals surface area (Å²) in [6.07, 6.45) is 1.92. The van der Waals surface area contributed by atoms with Gasteiger partial charge in [0.25, 0.3) is 0 Å². The van der Waals surface area contributed by atoms with Gasteiger partial charge in [-0.25, -0.2) is 0 Å². The minimum absolute atomic E-state index is 0.0274. The van der Waals surface area contributed by atoms with E-state index in [9.17, 15) is 0 Å². The number of nitrogens with one attached hydrogen (secondary N) is 1. The Bertz CT molecular complexity index is 635. The van der Waals surface area contributed by atoms with Crippen molar-refractivity contribution in [2.45, 2.75) is 45.7 Å². The van der Waals surface area contributed by atoms with Gasteiger partial charge in [-0.15, -0.1) is 0 Å². The molecule has 0 aliphatic carbocycles. The molecule has 3 nitrogen and oxygen atoms in total. The fourth-order valence-electron chi connectivity index (χ4n) is 2.91. The lowest BCUT2D eigenvalue weighted by molar-refractivity contribution is 0.338. The molecule has 0 spiro atoms. The number of fused-ring (bicyclic) bond motifs is 1. The number of benzene rings is 1. The van der Waals surface area contributed by atoms with Crippen LogP contribution < -0.4 is 5.32 Å². The Morgan fingerprint density at radius 2 is 1.95 bits per heavy atom. The lowest BCUT2D eigenvalue weighted by atomic mass is 10.0. The van der Waals surface area contributed by atoms with Gasteiger partial charge in [0.1, 0.15) is 0 Å². The van der Waals surface area contributed by atoms with Gasteiger partial charge < -0.3 is 5.32 Å². The number of hydrogen-bond donors (Lipinski definition) is 1. The summed E-state index contributed by atoms with van der Waals surface area (Å²) in [5.41, 5.74) is 5.25. The van der Waals surface area contributed by atoms with Gasteiger partial charge in [-0.05, 0) is 38.5 Å². The van der Waals surface area contributed by atoms with Crippen LogP contribution in [-0.2, 0) is 24.9 Å². The second-order valence-corrected chi connectivity index (χ2v) is 7.12. The van der Waals surface area contributed by atoms with Crippen LogP contribution in [0.5, 0.6) is 0 Å². The Labute approximate surface area is 131 Å². The maximum absolute atomic E-state index is 5.96. The maximum atomic E-state index is 5.96. The molecule has 1 aliphatic heterocycles. The summed E-state index contributed by atoms with van der Waals surface area (Å²) in [4.78, 5) is 0.